The third-order valence-corrected chi connectivity index (χ3v) is 3.40. The largest absolute Gasteiger partial charge is 0.480 e. The number of nitrogens with one attached hydrogen (secondary N) is 1. The van der Waals surface area contributed by atoms with Crippen molar-refractivity contribution in [2.75, 3.05) is 25.5 Å². The van der Waals surface area contributed by atoms with Crippen LogP contribution in [0.1, 0.15) is 26.7 Å². The summed E-state index contributed by atoms with van der Waals surface area (Å²) in [6.45, 7) is 5.80. The minimum Gasteiger partial charge on any atom is -0.480 e. The molecule has 0 bridgehead atoms. The maximum Gasteiger partial charge on any atom is 0.233 e. The maximum absolute atomic E-state index is 5.85. The summed E-state index contributed by atoms with van der Waals surface area (Å²) in [5.74, 6) is 1.24. The van der Waals surface area contributed by atoms with E-state index >= 15 is 0 Å². The van der Waals surface area contributed by atoms with Crippen LogP contribution in [0.3, 0.4) is 0 Å². The molecule has 0 spiro atoms. The van der Waals surface area contributed by atoms with Crippen molar-refractivity contribution in [3.8, 4) is 5.88 Å². The van der Waals surface area contributed by atoms with Crippen LogP contribution >= 0.6 is 0 Å². The summed E-state index contributed by atoms with van der Waals surface area (Å²) in [4.78, 5) is 8.31. The molecule has 5 nitrogen and oxygen atoms in total. The molecule has 0 aliphatic heterocycles. The van der Waals surface area contributed by atoms with Crippen LogP contribution in [0.2, 0.25) is 0 Å². The molecule has 0 atom stereocenters. The van der Waals surface area contributed by atoms with Crippen LogP contribution < -0.4 is 15.8 Å². The average Bonchev–Trinajstić information content (AvgIpc) is 2.41. The SMILES string of the molecule is CCC(CC)(CN)CNc1cncc(OC)n1. The Kier molecular flexibility index (Phi) is 5.15. The topological polar surface area (TPSA) is 73.1 Å². The van der Waals surface area contributed by atoms with Gasteiger partial charge in [-0.3, -0.25) is 4.98 Å². The zero-order chi connectivity index (χ0) is 12.7. The Bertz CT molecular complexity index is 331. The lowest BCUT2D eigenvalue weighted by molar-refractivity contribution is 0.294. The number of nitrogens with two attached hydrogens (primary N) is 1. The second-order valence-electron chi connectivity index (χ2n) is 4.21. The first-order chi connectivity index (χ1) is 8.19. The number of nitrogens with zero attached hydrogens (tertiary/aromatic N) is 2. The van der Waals surface area contributed by atoms with Crippen molar-refractivity contribution in [3.63, 3.8) is 0 Å². The van der Waals surface area contributed by atoms with E-state index in [9.17, 15) is 0 Å². The van der Waals surface area contributed by atoms with Gasteiger partial charge in [0, 0.05) is 6.54 Å². The summed E-state index contributed by atoms with van der Waals surface area (Å²) >= 11 is 0. The van der Waals surface area contributed by atoms with Gasteiger partial charge in [-0.2, -0.15) is 4.98 Å². The molecule has 0 unspecified atom stereocenters. The van der Waals surface area contributed by atoms with Gasteiger partial charge in [0.15, 0.2) is 0 Å². The Morgan fingerprint density at radius 2 is 2.06 bits per heavy atom. The van der Waals surface area contributed by atoms with Gasteiger partial charge in [-0.15, -0.1) is 0 Å². The van der Waals surface area contributed by atoms with Crippen LogP contribution in [-0.4, -0.2) is 30.2 Å². The molecule has 0 saturated carbocycles. The highest BCUT2D eigenvalue weighted by Gasteiger charge is 2.24. The minimum atomic E-state index is 0.130. The highest BCUT2D eigenvalue weighted by atomic mass is 16.5. The molecule has 0 radical (unpaired) electrons. The van der Waals surface area contributed by atoms with Crippen molar-refractivity contribution < 1.29 is 4.74 Å². The Balaban J connectivity index is 2.65. The summed E-state index contributed by atoms with van der Waals surface area (Å²) in [7, 11) is 1.58. The number of hydrogen-bond acceptors (Lipinski definition) is 5. The molecule has 0 fully saturated rings. The fourth-order valence-corrected chi connectivity index (χ4v) is 1.67. The predicted molar refractivity (Wildman–Crippen MR) is 69.1 cm³/mol. The zero-order valence-electron chi connectivity index (χ0n) is 10.9. The first kappa shape index (κ1) is 13.7. The lowest BCUT2D eigenvalue weighted by atomic mass is 9.82. The van der Waals surface area contributed by atoms with Crippen molar-refractivity contribution in [1.29, 1.82) is 0 Å². The molecule has 1 aromatic heterocycles. The molecular formula is C12H22N4O. The van der Waals surface area contributed by atoms with Crippen molar-refractivity contribution >= 4 is 5.82 Å². The van der Waals surface area contributed by atoms with Crippen molar-refractivity contribution in [2.45, 2.75) is 26.7 Å². The Morgan fingerprint density at radius 3 is 2.59 bits per heavy atom. The zero-order valence-corrected chi connectivity index (χ0v) is 10.9. The van der Waals surface area contributed by atoms with Gasteiger partial charge in [0.2, 0.25) is 5.88 Å². The van der Waals surface area contributed by atoms with E-state index in [2.05, 4.69) is 29.1 Å². The molecule has 0 aromatic carbocycles. The number of hydrogen-bond donors (Lipinski definition) is 2. The van der Waals surface area contributed by atoms with E-state index in [1.165, 1.54) is 0 Å². The van der Waals surface area contributed by atoms with Crippen molar-refractivity contribution in [2.24, 2.45) is 11.1 Å². The third-order valence-electron chi connectivity index (χ3n) is 3.40. The van der Waals surface area contributed by atoms with Crippen LogP contribution in [0.15, 0.2) is 12.4 Å². The van der Waals surface area contributed by atoms with Gasteiger partial charge in [-0.05, 0) is 24.8 Å². The molecule has 96 valence electrons. The second kappa shape index (κ2) is 6.39. The molecule has 1 aromatic rings. The lowest BCUT2D eigenvalue weighted by Gasteiger charge is -2.30. The Hall–Kier alpha value is -1.36. The molecule has 1 heterocycles. The van der Waals surface area contributed by atoms with Crippen molar-refractivity contribution in [1.82, 2.24) is 9.97 Å². The lowest BCUT2D eigenvalue weighted by Crippen LogP contribution is -2.36. The molecule has 1 rings (SSSR count). The summed E-state index contributed by atoms with van der Waals surface area (Å²) in [5, 5.41) is 3.28. The molecule has 0 amide bonds. The quantitative estimate of drug-likeness (QED) is 0.756. The van der Waals surface area contributed by atoms with Gasteiger partial charge >= 0.3 is 0 Å². The molecule has 0 aliphatic carbocycles. The average molecular weight is 238 g/mol. The summed E-state index contributed by atoms with van der Waals surface area (Å²) < 4.78 is 5.03. The van der Waals surface area contributed by atoms with E-state index in [-0.39, 0.29) is 5.41 Å². The van der Waals surface area contributed by atoms with E-state index in [4.69, 9.17) is 10.5 Å². The molecule has 0 saturated heterocycles. The van der Waals surface area contributed by atoms with E-state index in [1.807, 2.05) is 0 Å². The molecule has 3 N–H and O–H groups in total. The van der Waals surface area contributed by atoms with Crippen LogP contribution in [0, 0.1) is 5.41 Å². The van der Waals surface area contributed by atoms with Crippen LogP contribution in [-0.2, 0) is 0 Å². The fraction of sp³-hybridized carbons (Fsp3) is 0.667. The first-order valence-corrected chi connectivity index (χ1v) is 5.99. The van der Waals surface area contributed by atoms with Crippen LogP contribution in [0.5, 0.6) is 5.88 Å². The van der Waals surface area contributed by atoms with E-state index in [0.717, 1.165) is 25.2 Å². The highest BCUT2D eigenvalue weighted by Crippen LogP contribution is 2.25. The first-order valence-electron chi connectivity index (χ1n) is 5.99. The number of rotatable bonds is 7. The summed E-state index contributed by atoms with van der Waals surface area (Å²) in [6, 6.07) is 0. The van der Waals surface area contributed by atoms with Gasteiger partial charge in [-0.25, -0.2) is 0 Å². The predicted octanol–water partition coefficient (Wildman–Crippen LogP) is 1.66. The van der Waals surface area contributed by atoms with Gasteiger partial charge in [0.05, 0.1) is 19.5 Å². The van der Waals surface area contributed by atoms with Gasteiger partial charge in [-0.1, -0.05) is 13.8 Å². The van der Waals surface area contributed by atoms with E-state index < -0.39 is 0 Å². The number of ether oxygens (including phenoxy) is 1. The van der Waals surface area contributed by atoms with Gasteiger partial charge in [0.1, 0.15) is 5.82 Å². The maximum atomic E-state index is 5.85. The van der Waals surface area contributed by atoms with Crippen LogP contribution in [0.25, 0.3) is 0 Å². The highest BCUT2D eigenvalue weighted by molar-refractivity contribution is 5.33. The number of aromatic nitrogens is 2. The van der Waals surface area contributed by atoms with Gasteiger partial charge in [0.25, 0.3) is 0 Å². The third kappa shape index (κ3) is 3.56. The Morgan fingerprint density at radius 1 is 1.35 bits per heavy atom. The fourth-order valence-electron chi connectivity index (χ4n) is 1.67. The normalized spacial score (nSPS) is 11.3. The molecule has 17 heavy (non-hydrogen) atoms. The van der Waals surface area contributed by atoms with E-state index in [1.54, 1.807) is 19.5 Å². The van der Waals surface area contributed by atoms with Gasteiger partial charge < -0.3 is 15.8 Å². The second-order valence-corrected chi connectivity index (χ2v) is 4.21. The number of methoxy groups -OCH3 is 1. The standard InChI is InChI=1S/C12H22N4O/c1-4-12(5-2,8-13)9-15-10-6-14-7-11(16-10)17-3/h6-7H,4-5,8-9,13H2,1-3H3,(H,15,16). The summed E-state index contributed by atoms with van der Waals surface area (Å²) in [6.07, 6.45) is 5.37. The molecule has 5 heteroatoms. The molecule has 0 aliphatic rings. The number of anilines is 1. The Labute approximate surface area is 103 Å². The summed E-state index contributed by atoms with van der Waals surface area (Å²) in [5.41, 5.74) is 5.98. The van der Waals surface area contributed by atoms with Crippen molar-refractivity contribution in [3.05, 3.63) is 12.4 Å². The van der Waals surface area contributed by atoms with Crippen LogP contribution in [0.4, 0.5) is 5.82 Å². The minimum absolute atomic E-state index is 0.130. The van der Waals surface area contributed by atoms with E-state index in [0.29, 0.717) is 12.4 Å². The molecular weight excluding hydrogens is 216 g/mol. The monoisotopic (exact) mass is 238 g/mol. The smallest absolute Gasteiger partial charge is 0.233 e.